The van der Waals surface area contributed by atoms with E-state index in [1.807, 2.05) is 12.1 Å². The maximum absolute atomic E-state index is 11.9. The molecule has 0 N–H and O–H groups in total. The molecule has 0 unspecified atom stereocenters. The van der Waals surface area contributed by atoms with Gasteiger partial charge in [0.15, 0.2) is 0 Å². The average Bonchev–Trinajstić information content (AvgIpc) is 2.68. The molecule has 0 saturated heterocycles. The summed E-state index contributed by atoms with van der Waals surface area (Å²) in [5.74, 6) is 0. The summed E-state index contributed by atoms with van der Waals surface area (Å²) >= 11 is 0. The van der Waals surface area contributed by atoms with Crippen LogP contribution in [0.4, 0.5) is 0 Å². The average molecular weight is 493 g/mol. The zero-order valence-corrected chi connectivity index (χ0v) is 24.9. The van der Waals surface area contributed by atoms with E-state index < -0.39 is 7.05 Å². The second-order valence-electron chi connectivity index (χ2n) is 9.20. The van der Waals surface area contributed by atoms with E-state index in [0.29, 0.717) is 0 Å². The minimum absolute atomic E-state index is 0. The Balaban J connectivity index is -0.000000727. The third-order valence-corrected chi connectivity index (χ3v) is 9.25. The van der Waals surface area contributed by atoms with Crippen LogP contribution in [0.1, 0.15) is 41.5 Å². The molecule has 4 nitrogen and oxygen atoms in total. The van der Waals surface area contributed by atoms with Gasteiger partial charge in [0.25, 0.3) is 0 Å². The van der Waals surface area contributed by atoms with Gasteiger partial charge in [0.1, 0.15) is 0 Å². The van der Waals surface area contributed by atoms with Crippen molar-refractivity contribution < 1.29 is 21.7 Å². The van der Waals surface area contributed by atoms with Crippen molar-refractivity contribution in [3.63, 3.8) is 0 Å². The smallest absolute Gasteiger partial charge is 0.804 e. The molecule has 0 aliphatic carbocycles. The van der Waals surface area contributed by atoms with Gasteiger partial charge in [0.2, 0.25) is 0 Å². The quantitative estimate of drug-likeness (QED) is 0.300. The van der Waals surface area contributed by atoms with Gasteiger partial charge in [-0.15, -0.1) is 0 Å². The molecule has 2 aromatic carbocycles. The molecule has 0 saturated carbocycles. The summed E-state index contributed by atoms with van der Waals surface area (Å²) < 4.78 is 0. The van der Waals surface area contributed by atoms with Crippen LogP contribution in [0, 0.1) is 0 Å². The van der Waals surface area contributed by atoms with Gasteiger partial charge in [-0.1, -0.05) is 96.1 Å². The van der Waals surface area contributed by atoms with Gasteiger partial charge in [0, 0.05) is 0 Å². The van der Waals surface area contributed by atoms with Gasteiger partial charge in [-0.25, -0.2) is 0 Å². The first-order chi connectivity index (χ1) is 14.3. The molecular weight excluding hydrogens is 447 g/mol. The molecular formula is C26H45N4PTi. The summed E-state index contributed by atoms with van der Waals surface area (Å²) in [5, 5.41) is 23.2. The summed E-state index contributed by atoms with van der Waals surface area (Å²) in [7, 11) is 8.11. The standard InChI is InChI=1S/C20H27NP.3C2H6N.Ti/c1-19(2,3)22(21,20(4,5)6)18-15-11-10-14-17(18)16-12-8-7-9-13-16;3*1-3-2;/h7-15H,1-6H3;3*1-2H3;/q4*-1;+4. The molecule has 0 atom stereocenters. The van der Waals surface area contributed by atoms with Crippen molar-refractivity contribution in [2.45, 2.75) is 51.9 Å². The fourth-order valence-corrected chi connectivity index (χ4v) is 7.66. The van der Waals surface area contributed by atoms with Crippen molar-refractivity contribution in [1.29, 1.82) is 0 Å². The summed E-state index contributed by atoms with van der Waals surface area (Å²) in [6.45, 7) is 13.0. The second kappa shape index (κ2) is 17.7. The van der Waals surface area contributed by atoms with Crippen molar-refractivity contribution >= 4 is 12.4 Å². The predicted octanol–water partition coefficient (Wildman–Crippen LogP) is 8.20. The van der Waals surface area contributed by atoms with E-state index in [1.165, 1.54) is 5.56 Å². The first-order valence-electron chi connectivity index (χ1n) is 10.5. The Morgan fingerprint density at radius 2 is 0.906 bits per heavy atom. The van der Waals surface area contributed by atoms with E-state index in [1.54, 1.807) is 42.3 Å². The molecule has 2 aromatic rings. The molecule has 6 heteroatoms. The van der Waals surface area contributed by atoms with E-state index in [0.717, 1.165) is 10.9 Å². The van der Waals surface area contributed by atoms with Crippen molar-refractivity contribution in [2.24, 2.45) is 0 Å². The van der Waals surface area contributed by atoms with Crippen LogP contribution in [0.15, 0.2) is 54.6 Å². The Morgan fingerprint density at radius 3 is 1.25 bits per heavy atom. The fraction of sp³-hybridized carbons (Fsp3) is 0.538. The monoisotopic (exact) mass is 492 g/mol. The van der Waals surface area contributed by atoms with Crippen LogP contribution in [-0.2, 0) is 21.7 Å². The van der Waals surface area contributed by atoms with Gasteiger partial charge in [-0.3, -0.25) is 0 Å². The number of hydrogen-bond donors (Lipinski definition) is 0. The first kappa shape index (κ1) is 35.8. The Hall–Kier alpha value is -0.736. The third-order valence-electron chi connectivity index (χ3n) is 4.28. The van der Waals surface area contributed by atoms with Crippen LogP contribution in [-0.4, -0.2) is 52.6 Å². The van der Waals surface area contributed by atoms with Crippen LogP contribution in [0.3, 0.4) is 0 Å². The molecule has 0 aliphatic rings. The molecule has 0 spiro atoms. The van der Waals surface area contributed by atoms with Crippen molar-refractivity contribution in [1.82, 2.24) is 0 Å². The summed E-state index contributed by atoms with van der Waals surface area (Å²) in [5.41, 5.74) is 2.33. The molecule has 178 valence electrons. The van der Waals surface area contributed by atoms with Gasteiger partial charge in [0.05, 0.1) is 0 Å². The number of nitrogens with zero attached hydrogens (tertiary/aromatic N) is 4. The van der Waals surface area contributed by atoms with E-state index in [9.17, 15) is 5.16 Å². The van der Waals surface area contributed by atoms with Crippen molar-refractivity contribution in [2.75, 3.05) is 42.3 Å². The number of hydrogen-bond acceptors (Lipinski definition) is 0. The minimum atomic E-state index is -2.39. The molecule has 0 bridgehead atoms. The van der Waals surface area contributed by atoms with Crippen LogP contribution >= 0.6 is 7.05 Å². The molecule has 0 heterocycles. The van der Waals surface area contributed by atoms with Gasteiger partial charge in [-0.05, 0) is 26.7 Å². The molecule has 0 amide bonds. The maximum atomic E-state index is 11.9. The van der Waals surface area contributed by atoms with Crippen LogP contribution < -0.4 is 5.30 Å². The zero-order valence-electron chi connectivity index (χ0n) is 22.4. The van der Waals surface area contributed by atoms with Gasteiger partial charge in [-0.2, -0.15) is 49.3 Å². The molecule has 0 fully saturated rings. The summed E-state index contributed by atoms with van der Waals surface area (Å²) in [4.78, 5) is 0. The van der Waals surface area contributed by atoms with E-state index in [4.69, 9.17) is 0 Å². The Kier molecular flexibility index (Phi) is 19.8. The normalized spacial score (nSPS) is 10.8. The second-order valence-corrected chi connectivity index (χ2v) is 13.6. The first-order valence-corrected chi connectivity index (χ1v) is 12.3. The zero-order chi connectivity index (χ0) is 24.7. The third kappa shape index (κ3) is 10.9. The van der Waals surface area contributed by atoms with Gasteiger partial charge < -0.3 is 21.1 Å². The largest absolute Gasteiger partial charge is 4.00 e. The number of rotatable bonds is 2. The van der Waals surface area contributed by atoms with Crippen LogP contribution in [0.2, 0.25) is 0 Å². The molecule has 0 aromatic heterocycles. The Labute approximate surface area is 214 Å². The van der Waals surface area contributed by atoms with E-state index in [2.05, 4.69) is 100.0 Å². The molecule has 32 heavy (non-hydrogen) atoms. The molecule has 0 radical (unpaired) electrons. The summed E-state index contributed by atoms with van der Waals surface area (Å²) in [6, 6.07) is 18.7. The van der Waals surface area contributed by atoms with Crippen LogP contribution in [0.25, 0.3) is 32.2 Å². The SMILES string of the molecule is CC(C)(C)P(=[N-])(c1ccccc1-c1ccccc1)C(C)(C)C.C[N-]C.C[N-]C.C[N-]C.[Ti+4]. The summed E-state index contributed by atoms with van der Waals surface area (Å²) in [6.07, 6.45) is 0. The Morgan fingerprint density at radius 1 is 0.594 bits per heavy atom. The van der Waals surface area contributed by atoms with Crippen molar-refractivity contribution in [3.8, 4) is 11.1 Å². The Bertz CT molecular complexity index is 728. The minimum Gasteiger partial charge on any atom is -0.804 e. The molecule has 2 rings (SSSR count). The topological polar surface area (TPSA) is 64.6 Å². The predicted molar refractivity (Wildman–Crippen MR) is 147 cm³/mol. The number of benzene rings is 2. The van der Waals surface area contributed by atoms with Crippen molar-refractivity contribution in [3.05, 3.63) is 75.7 Å². The van der Waals surface area contributed by atoms with Crippen LogP contribution in [0.5, 0.6) is 0 Å². The van der Waals surface area contributed by atoms with Gasteiger partial charge >= 0.3 is 21.7 Å². The maximum Gasteiger partial charge on any atom is 4.00 e. The van der Waals surface area contributed by atoms with E-state index in [-0.39, 0.29) is 32.0 Å². The molecule has 0 aliphatic heterocycles. The fourth-order valence-electron chi connectivity index (χ4n) is 3.35. The van der Waals surface area contributed by atoms with E-state index >= 15 is 0 Å².